The number of likely N-dealkylation sites (tertiary alicyclic amines) is 1. The van der Waals surface area contributed by atoms with Crippen LogP contribution in [0.25, 0.3) is 0 Å². The normalized spacial score (nSPS) is 33.2. The molecule has 3 atom stereocenters. The monoisotopic (exact) mass is 353 g/mol. The summed E-state index contributed by atoms with van der Waals surface area (Å²) in [6.45, 7) is 1.63. The molecule has 0 spiro atoms. The summed E-state index contributed by atoms with van der Waals surface area (Å²) in [6, 6.07) is 5.52. The van der Waals surface area contributed by atoms with Crippen molar-refractivity contribution >= 4 is 0 Å². The van der Waals surface area contributed by atoms with Gasteiger partial charge in [-0.3, -0.25) is 4.90 Å². The first-order chi connectivity index (χ1) is 13.7. The summed E-state index contributed by atoms with van der Waals surface area (Å²) < 4.78 is 46.3. The molecule has 1 aromatic carbocycles. The van der Waals surface area contributed by atoms with Crippen LogP contribution in [0.15, 0.2) is 18.2 Å². The van der Waals surface area contributed by atoms with Gasteiger partial charge in [0.1, 0.15) is 0 Å². The number of β-amino-alcohol motifs (C(OH)–C–C–N with tert-alkyl or cyclic N) is 1. The van der Waals surface area contributed by atoms with Crippen molar-refractivity contribution in [1.82, 2.24) is 4.90 Å². The molecule has 0 radical (unpaired) electrons. The van der Waals surface area contributed by atoms with Gasteiger partial charge in [0.15, 0.2) is 11.5 Å². The molecule has 0 bridgehead atoms. The van der Waals surface area contributed by atoms with Crippen LogP contribution < -0.4 is 9.47 Å². The van der Waals surface area contributed by atoms with Gasteiger partial charge in [0.2, 0.25) is 0 Å². The third-order valence-corrected chi connectivity index (χ3v) is 5.27. The van der Waals surface area contributed by atoms with Crippen molar-refractivity contribution in [2.45, 2.75) is 56.8 Å². The zero-order valence-corrected chi connectivity index (χ0v) is 14.9. The largest absolute Gasteiger partial charge is 0.493 e. The number of hydrogen-bond acceptors (Lipinski definition) is 5. The summed E-state index contributed by atoms with van der Waals surface area (Å²) in [5.74, 6) is 0.586. The zero-order chi connectivity index (χ0) is 21.1. The molecule has 1 aliphatic heterocycles. The number of rotatable bonds is 7. The summed E-state index contributed by atoms with van der Waals surface area (Å²) in [4.78, 5) is 2.20. The lowest BCUT2D eigenvalue weighted by atomic mass is 9.91. The van der Waals surface area contributed by atoms with Gasteiger partial charge in [0.25, 0.3) is 0 Å². The Bertz CT molecular complexity index is 683. The molecule has 5 heteroatoms. The molecule has 1 unspecified atom stereocenters. The first-order valence-electron chi connectivity index (χ1n) is 11.1. The van der Waals surface area contributed by atoms with Crippen LogP contribution in [0.2, 0.25) is 0 Å². The van der Waals surface area contributed by atoms with Crippen molar-refractivity contribution in [3.05, 3.63) is 23.8 Å². The molecule has 1 aromatic rings. The molecule has 0 amide bonds. The summed E-state index contributed by atoms with van der Waals surface area (Å²) in [5.41, 5.74) is 0.916. The molecule has 1 heterocycles. The Hall–Kier alpha value is -1.30. The zero-order valence-electron chi connectivity index (χ0n) is 18.9. The quantitative estimate of drug-likeness (QED) is 0.817. The first kappa shape index (κ1) is 13.8. The van der Waals surface area contributed by atoms with Crippen LogP contribution in [0.1, 0.15) is 43.2 Å². The number of hydrogen-bond donors (Lipinski definition) is 1. The second-order valence-electron chi connectivity index (χ2n) is 6.89. The van der Waals surface area contributed by atoms with Gasteiger partial charge in [-0.25, -0.2) is 0 Å². The van der Waals surface area contributed by atoms with Gasteiger partial charge in [0, 0.05) is 19.1 Å². The SMILES string of the molecule is [2H]C1(O)CCN([C@@H]2CCCC[C@H]2OCCc2ccc(OC)c(OC([2H])([2H])[2H])c2)C1. The maximum atomic E-state index is 9.98. The van der Waals surface area contributed by atoms with E-state index in [4.69, 9.17) is 19.7 Å². The number of methoxy groups -OCH3 is 2. The number of benzene rings is 1. The van der Waals surface area contributed by atoms with Crippen LogP contribution in [0.3, 0.4) is 0 Å². The highest BCUT2D eigenvalue weighted by molar-refractivity contribution is 5.42. The van der Waals surface area contributed by atoms with E-state index >= 15 is 0 Å². The summed E-state index contributed by atoms with van der Waals surface area (Å²) in [7, 11) is -1.06. The number of ether oxygens (including phenoxy) is 3. The van der Waals surface area contributed by atoms with Crippen LogP contribution in [0.5, 0.6) is 11.5 Å². The minimum absolute atomic E-state index is 0.0917. The van der Waals surface area contributed by atoms with E-state index in [-0.39, 0.29) is 17.9 Å². The van der Waals surface area contributed by atoms with Gasteiger partial charge < -0.3 is 19.3 Å². The highest BCUT2D eigenvalue weighted by Gasteiger charge is 2.34. The van der Waals surface area contributed by atoms with Crippen molar-refractivity contribution in [2.75, 3.05) is 33.8 Å². The molecule has 1 aliphatic carbocycles. The fourth-order valence-electron chi connectivity index (χ4n) is 3.92. The highest BCUT2D eigenvalue weighted by atomic mass is 16.5. The number of nitrogens with zero attached hydrogens (tertiary/aromatic N) is 1. The van der Waals surface area contributed by atoms with Crippen LogP contribution >= 0.6 is 0 Å². The van der Waals surface area contributed by atoms with E-state index in [0.29, 0.717) is 31.7 Å². The minimum atomic E-state index is -2.53. The van der Waals surface area contributed by atoms with E-state index in [2.05, 4.69) is 4.90 Å². The summed E-state index contributed by atoms with van der Waals surface area (Å²) in [5, 5.41) is 9.98. The van der Waals surface area contributed by atoms with E-state index < -0.39 is 13.1 Å². The van der Waals surface area contributed by atoms with Crippen LogP contribution in [-0.2, 0) is 11.2 Å². The molecule has 140 valence electrons. The van der Waals surface area contributed by atoms with Crippen LogP contribution in [0.4, 0.5) is 0 Å². The van der Waals surface area contributed by atoms with Crippen molar-refractivity contribution in [2.24, 2.45) is 0 Å². The summed E-state index contributed by atoms with van der Waals surface area (Å²) in [6.07, 6.45) is 4.14. The molecular formula is C20H31NO4. The molecule has 3 rings (SSSR count). The molecule has 1 N–H and O–H groups in total. The lowest BCUT2D eigenvalue weighted by molar-refractivity contribution is -0.0316. The Labute approximate surface area is 156 Å². The maximum Gasteiger partial charge on any atom is 0.160 e. The Morgan fingerprint density at radius 1 is 1.24 bits per heavy atom. The molecule has 2 fully saturated rings. The van der Waals surface area contributed by atoms with Crippen molar-refractivity contribution in [1.29, 1.82) is 0 Å². The first-order valence-corrected chi connectivity index (χ1v) is 9.11. The minimum Gasteiger partial charge on any atom is -0.493 e. The van der Waals surface area contributed by atoms with Crippen LogP contribution in [-0.4, -0.2) is 62.1 Å². The van der Waals surface area contributed by atoms with Gasteiger partial charge in [-0.2, -0.15) is 0 Å². The highest BCUT2D eigenvalue weighted by Crippen LogP contribution is 2.30. The lowest BCUT2D eigenvalue weighted by Gasteiger charge is -2.37. The second kappa shape index (κ2) is 8.88. The van der Waals surface area contributed by atoms with Gasteiger partial charge in [-0.05, 0) is 43.4 Å². The van der Waals surface area contributed by atoms with Crippen molar-refractivity contribution < 1.29 is 24.8 Å². The smallest absolute Gasteiger partial charge is 0.160 e. The van der Waals surface area contributed by atoms with Gasteiger partial charge in [0.05, 0.1) is 38.4 Å². The molecule has 25 heavy (non-hydrogen) atoms. The number of aliphatic hydroxyl groups is 1. The predicted molar refractivity (Wildman–Crippen MR) is 97.4 cm³/mol. The maximum absolute atomic E-state index is 9.98. The van der Waals surface area contributed by atoms with E-state index in [1.54, 1.807) is 12.1 Å². The van der Waals surface area contributed by atoms with E-state index in [1.165, 1.54) is 7.11 Å². The van der Waals surface area contributed by atoms with Crippen molar-refractivity contribution in [3.63, 3.8) is 0 Å². The van der Waals surface area contributed by atoms with E-state index in [0.717, 1.165) is 37.8 Å². The second-order valence-corrected chi connectivity index (χ2v) is 6.89. The average molecular weight is 353 g/mol. The van der Waals surface area contributed by atoms with Gasteiger partial charge >= 0.3 is 0 Å². The third kappa shape index (κ3) is 4.66. The standard InChI is InChI=1S/C20H31NO4/c1-23-19-8-7-15(13-20(19)24-2)10-12-25-18-6-4-3-5-17(18)21-11-9-16(22)14-21/h7-8,13,16-18,22H,3-6,9-12,14H2,1-2H3/t16?,17-,18-/m1/s1/i2D3,16D. The molecular weight excluding hydrogens is 318 g/mol. The third-order valence-electron chi connectivity index (χ3n) is 5.27. The Balaban J connectivity index is 1.57. The van der Waals surface area contributed by atoms with E-state index in [1.807, 2.05) is 6.07 Å². The van der Waals surface area contributed by atoms with Gasteiger partial charge in [-0.1, -0.05) is 18.9 Å². The Kier molecular flexibility index (Phi) is 4.92. The molecule has 5 nitrogen and oxygen atoms in total. The summed E-state index contributed by atoms with van der Waals surface area (Å²) >= 11 is 0. The van der Waals surface area contributed by atoms with E-state index in [9.17, 15) is 5.11 Å². The van der Waals surface area contributed by atoms with Crippen molar-refractivity contribution in [3.8, 4) is 11.5 Å². The molecule has 1 saturated heterocycles. The van der Waals surface area contributed by atoms with Gasteiger partial charge in [-0.15, -0.1) is 0 Å². The average Bonchev–Trinajstić information content (AvgIpc) is 3.01. The molecule has 1 saturated carbocycles. The fourth-order valence-corrected chi connectivity index (χ4v) is 3.92. The molecule has 0 aromatic heterocycles. The van der Waals surface area contributed by atoms with Crippen LogP contribution in [0, 0.1) is 0 Å². The topological polar surface area (TPSA) is 51.2 Å². The lowest BCUT2D eigenvalue weighted by Crippen LogP contribution is -2.46. The predicted octanol–water partition coefficient (Wildman–Crippen LogP) is 2.64. The Morgan fingerprint density at radius 3 is 2.88 bits per heavy atom. The molecule has 2 aliphatic rings. The fraction of sp³-hybridized carbons (Fsp3) is 0.700. The Morgan fingerprint density at radius 2 is 2.12 bits per heavy atom.